The van der Waals surface area contributed by atoms with Gasteiger partial charge in [-0.15, -0.1) is 0 Å². The highest BCUT2D eigenvalue weighted by Crippen LogP contribution is 1.80. The lowest BCUT2D eigenvalue weighted by Crippen LogP contribution is -2.15. The lowest BCUT2D eigenvalue weighted by atomic mass is 10.3. The summed E-state index contributed by atoms with van der Waals surface area (Å²) in [5.74, 6) is -0.678. The van der Waals surface area contributed by atoms with Gasteiger partial charge in [0.05, 0.1) is 5.57 Å². The van der Waals surface area contributed by atoms with E-state index < -0.39 is 5.91 Å². The van der Waals surface area contributed by atoms with Gasteiger partial charge in [0.1, 0.15) is 0 Å². The maximum absolute atomic E-state index is 10.1. The van der Waals surface area contributed by atoms with E-state index in [9.17, 15) is 4.79 Å². The van der Waals surface area contributed by atoms with Crippen LogP contribution in [-0.4, -0.2) is 12.1 Å². The zero-order valence-electron chi connectivity index (χ0n) is 4.22. The van der Waals surface area contributed by atoms with Crippen molar-refractivity contribution < 1.29 is 4.79 Å². The highest BCUT2D eigenvalue weighted by molar-refractivity contribution is 6.10. The van der Waals surface area contributed by atoms with Crippen molar-refractivity contribution in [1.82, 2.24) is 0 Å². The summed E-state index contributed by atoms with van der Waals surface area (Å²) in [5, 5.41) is 6.52. The topological polar surface area (TPSA) is 93.0 Å². The Hall–Kier alpha value is -1.32. The third kappa shape index (κ3) is 1.42. The molecule has 0 aromatic rings. The number of primary amides is 1. The van der Waals surface area contributed by atoms with Crippen LogP contribution in [0.4, 0.5) is 0 Å². The van der Waals surface area contributed by atoms with Crippen LogP contribution in [0, 0.1) is 5.41 Å². The summed E-state index contributed by atoms with van der Waals surface area (Å²) in [6.07, 6.45) is 1.80. The molecule has 5 N–H and O–H groups in total. The van der Waals surface area contributed by atoms with Crippen molar-refractivity contribution in [3.05, 3.63) is 11.8 Å². The molecule has 0 rings (SSSR count). The molecule has 0 aliphatic rings. The SMILES string of the molecule is N=C/C(=C\N)C(N)=O. The molecule has 0 saturated heterocycles. The third-order valence-corrected chi connectivity index (χ3v) is 0.620. The minimum atomic E-state index is -0.678. The van der Waals surface area contributed by atoms with Gasteiger partial charge in [-0.2, -0.15) is 0 Å². The molecule has 0 unspecified atom stereocenters. The Morgan fingerprint density at radius 3 is 2.12 bits per heavy atom. The number of nitrogens with one attached hydrogen (secondary N) is 1. The van der Waals surface area contributed by atoms with Gasteiger partial charge in [0.15, 0.2) is 0 Å². The summed E-state index contributed by atoms with van der Waals surface area (Å²) < 4.78 is 0. The first kappa shape index (κ1) is 6.68. The summed E-state index contributed by atoms with van der Waals surface area (Å²) >= 11 is 0. The van der Waals surface area contributed by atoms with Gasteiger partial charge in [-0.1, -0.05) is 0 Å². The molecule has 0 aliphatic carbocycles. The van der Waals surface area contributed by atoms with E-state index in [4.69, 9.17) is 16.9 Å². The van der Waals surface area contributed by atoms with Gasteiger partial charge in [0.2, 0.25) is 0 Å². The van der Waals surface area contributed by atoms with Crippen LogP contribution in [0.1, 0.15) is 0 Å². The Bertz CT molecular complexity index is 138. The van der Waals surface area contributed by atoms with E-state index in [2.05, 4.69) is 0 Å². The summed E-state index contributed by atoms with van der Waals surface area (Å²) in [5.41, 5.74) is 9.61. The number of hydrogen-bond acceptors (Lipinski definition) is 3. The molecule has 0 spiro atoms. The second-order valence-electron chi connectivity index (χ2n) is 1.13. The van der Waals surface area contributed by atoms with Crippen molar-refractivity contribution in [2.75, 3.05) is 0 Å². The molecule has 0 fully saturated rings. The van der Waals surface area contributed by atoms with Crippen LogP contribution < -0.4 is 11.5 Å². The number of rotatable bonds is 2. The fourth-order valence-corrected chi connectivity index (χ4v) is 0.201. The van der Waals surface area contributed by atoms with Crippen molar-refractivity contribution in [2.24, 2.45) is 11.5 Å². The summed E-state index contributed by atoms with van der Waals surface area (Å²) in [6, 6.07) is 0. The Balaban J connectivity index is 4.13. The highest BCUT2D eigenvalue weighted by Gasteiger charge is 1.95. The van der Waals surface area contributed by atoms with Crippen molar-refractivity contribution >= 4 is 12.1 Å². The molecule has 0 heterocycles. The molecule has 4 nitrogen and oxygen atoms in total. The fraction of sp³-hybridized carbons (Fsp3) is 0. The summed E-state index contributed by atoms with van der Waals surface area (Å²) in [7, 11) is 0. The third-order valence-electron chi connectivity index (χ3n) is 0.620. The van der Waals surface area contributed by atoms with Crippen LogP contribution in [0.5, 0.6) is 0 Å². The molecule has 0 radical (unpaired) electrons. The van der Waals surface area contributed by atoms with E-state index >= 15 is 0 Å². The van der Waals surface area contributed by atoms with Crippen LogP contribution >= 0.6 is 0 Å². The van der Waals surface area contributed by atoms with Crippen LogP contribution in [0.3, 0.4) is 0 Å². The summed E-state index contributed by atoms with van der Waals surface area (Å²) in [6.45, 7) is 0. The van der Waals surface area contributed by atoms with Crippen molar-refractivity contribution in [1.29, 1.82) is 5.41 Å². The predicted molar refractivity (Wildman–Crippen MR) is 30.2 cm³/mol. The van der Waals surface area contributed by atoms with E-state index in [0.717, 1.165) is 12.4 Å². The van der Waals surface area contributed by atoms with Gasteiger partial charge in [-0.3, -0.25) is 4.79 Å². The second-order valence-corrected chi connectivity index (χ2v) is 1.13. The van der Waals surface area contributed by atoms with E-state index in [-0.39, 0.29) is 5.57 Å². The Morgan fingerprint density at radius 1 is 1.62 bits per heavy atom. The minimum absolute atomic E-state index is 0.0185. The zero-order valence-corrected chi connectivity index (χ0v) is 4.22. The number of carbonyl (C=O) groups excluding carboxylic acids is 1. The van der Waals surface area contributed by atoms with Gasteiger partial charge in [0.25, 0.3) is 5.91 Å². The van der Waals surface area contributed by atoms with Gasteiger partial charge >= 0.3 is 0 Å². The average Bonchev–Trinajstić information content (AvgIpc) is 1.69. The predicted octanol–water partition coefficient (Wildman–Crippen LogP) is -1.04. The first-order valence-electron chi connectivity index (χ1n) is 1.94. The second kappa shape index (κ2) is 2.79. The normalized spacial score (nSPS) is 10.8. The Kier molecular flexibility index (Phi) is 2.33. The lowest BCUT2D eigenvalue weighted by molar-refractivity contribution is -0.114. The van der Waals surface area contributed by atoms with E-state index in [1.54, 1.807) is 0 Å². The van der Waals surface area contributed by atoms with Crippen LogP contribution in [0.2, 0.25) is 0 Å². The number of amides is 1. The molecule has 0 atom stereocenters. The van der Waals surface area contributed by atoms with E-state index in [0.29, 0.717) is 0 Å². The van der Waals surface area contributed by atoms with Gasteiger partial charge in [0, 0.05) is 12.4 Å². The lowest BCUT2D eigenvalue weighted by Gasteiger charge is -1.86. The molecule has 8 heavy (non-hydrogen) atoms. The molecule has 1 amide bonds. The first-order chi connectivity index (χ1) is 3.72. The molecule has 4 heteroatoms. The molecular weight excluding hydrogens is 106 g/mol. The first-order valence-corrected chi connectivity index (χ1v) is 1.94. The molecule has 0 bridgehead atoms. The van der Waals surface area contributed by atoms with Crippen LogP contribution in [0.25, 0.3) is 0 Å². The number of hydrogen-bond donors (Lipinski definition) is 3. The van der Waals surface area contributed by atoms with Crippen molar-refractivity contribution in [3.8, 4) is 0 Å². The quantitative estimate of drug-likeness (QED) is 0.315. The molecule has 44 valence electrons. The van der Waals surface area contributed by atoms with E-state index in [1.165, 1.54) is 0 Å². The molecule has 0 aromatic heterocycles. The molecule has 0 saturated carbocycles. The van der Waals surface area contributed by atoms with Gasteiger partial charge in [-0.25, -0.2) is 0 Å². The standard InChI is InChI=1S/C4H7N3O/c5-1-3(2-6)4(7)8/h1-2,5H,6H2,(H2,7,8)/b3-2+,5-1?. The van der Waals surface area contributed by atoms with Crippen LogP contribution in [-0.2, 0) is 4.79 Å². The Morgan fingerprint density at radius 2 is 2.12 bits per heavy atom. The maximum atomic E-state index is 10.1. The minimum Gasteiger partial charge on any atom is -0.404 e. The fourth-order valence-electron chi connectivity index (χ4n) is 0.201. The smallest absolute Gasteiger partial charge is 0.251 e. The monoisotopic (exact) mass is 113 g/mol. The Labute approximate surface area is 46.7 Å². The maximum Gasteiger partial charge on any atom is 0.251 e. The van der Waals surface area contributed by atoms with Crippen molar-refractivity contribution in [2.45, 2.75) is 0 Å². The summed E-state index contributed by atoms with van der Waals surface area (Å²) in [4.78, 5) is 10.1. The molecular formula is C4H7N3O. The van der Waals surface area contributed by atoms with Gasteiger partial charge in [-0.05, 0) is 0 Å². The average molecular weight is 113 g/mol. The van der Waals surface area contributed by atoms with Gasteiger partial charge < -0.3 is 16.9 Å². The molecule has 0 aromatic carbocycles. The van der Waals surface area contributed by atoms with E-state index in [1.807, 2.05) is 0 Å². The zero-order chi connectivity index (χ0) is 6.57. The number of carbonyl (C=O) groups is 1. The largest absolute Gasteiger partial charge is 0.404 e. The highest BCUT2D eigenvalue weighted by atomic mass is 16.1. The number of nitrogens with two attached hydrogens (primary N) is 2. The van der Waals surface area contributed by atoms with Crippen molar-refractivity contribution in [3.63, 3.8) is 0 Å². The molecule has 0 aliphatic heterocycles. The van der Waals surface area contributed by atoms with Crippen LogP contribution in [0.15, 0.2) is 11.8 Å².